The van der Waals surface area contributed by atoms with Crippen LogP contribution >= 0.6 is 0 Å². The molecule has 270 valence electrons. The van der Waals surface area contributed by atoms with Gasteiger partial charge in [-0.05, 0) is 66.3 Å². The minimum Gasteiger partial charge on any atom is -0.491 e. The summed E-state index contributed by atoms with van der Waals surface area (Å²) in [6.45, 7) is 0.808. The topological polar surface area (TPSA) is 111 Å². The summed E-state index contributed by atoms with van der Waals surface area (Å²) in [6.07, 6.45) is 0.712. The standard InChI is InChI=1S/C37H34F5N7O3/c38-24-13-25(27(18-50)31(14-24)49-9-10-52-32-12-23(22-2-3-22)11-28(39)33(32)36(49)51)34-26-15-30(46-35(26)45-20-44-34)29-4-1-21(16-43-29)17-47-5-7-48(8-6-47)19-37(40,41)42/h1,4,11-16,20,22,50H,2-3,5-10,17-19H2,(H,44,45,46). The maximum Gasteiger partial charge on any atom is 0.401 e. The van der Waals surface area contributed by atoms with E-state index in [9.17, 15) is 23.1 Å². The third-order valence-electron chi connectivity index (χ3n) is 9.85. The quantitative estimate of drug-likeness (QED) is 0.187. The van der Waals surface area contributed by atoms with Crippen molar-refractivity contribution in [3.63, 3.8) is 0 Å². The van der Waals surface area contributed by atoms with Crippen LogP contribution in [0.3, 0.4) is 0 Å². The van der Waals surface area contributed by atoms with E-state index in [2.05, 4.69) is 24.8 Å². The number of ether oxygens (including phenoxy) is 1. The number of carbonyl (C=O) groups excluding carboxylic acids is 1. The number of halogens is 5. The molecule has 0 bridgehead atoms. The molecule has 2 aliphatic heterocycles. The van der Waals surface area contributed by atoms with Gasteiger partial charge in [-0.1, -0.05) is 6.07 Å². The van der Waals surface area contributed by atoms with Gasteiger partial charge in [-0.3, -0.25) is 19.6 Å². The molecule has 3 aromatic heterocycles. The normalized spacial score (nSPS) is 17.3. The van der Waals surface area contributed by atoms with Gasteiger partial charge in [-0.2, -0.15) is 13.2 Å². The number of alkyl halides is 3. The number of rotatable bonds is 8. The number of piperazine rings is 1. The summed E-state index contributed by atoms with van der Waals surface area (Å²) in [5.41, 5.74) is 3.90. The van der Waals surface area contributed by atoms with Crippen LogP contribution in [-0.4, -0.2) is 92.8 Å². The van der Waals surface area contributed by atoms with Gasteiger partial charge >= 0.3 is 6.18 Å². The van der Waals surface area contributed by atoms with E-state index in [1.54, 1.807) is 18.3 Å². The van der Waals surface area contributed by atoms with Crippen LogP contribution in [0.2, 0.25) is 0 Å². The molecule has 0 atom stereocenters. The molecule has 1 saturated carbocycles. The lowest BCUT2D eigenvalue weighted by atomic mass is 9.99. The third-order valence-corrected chi connectivity index (χ3v) is 9.85. The van der Waals surface area contributed by atoms with Crippen molar-refractivity contribution in [1.82, 2.24) is 29.7 Å². The van der Waals surface area contributed by atoms with Crippen LogP contribution in [0.15, 0.2) is 55.0 Å². The smallest absolute Gasteiger partial charge is 0.401 e. The van der Waals surface area contributed by atoms with Crippen LogP contribution in [0.1, 0.15) is 45.8 Å². The molecule has 8 rings (SSSR count). The predicted octanol–water partition coefficient (Wildman–Crippen LogP) is 6.05. The van der Waals surface area contributed by atoms with Gasteiger partial charge in [0.1, 0.15) is 41.5 Å². The molecule has 10 nitrogen and oxygen atoms in total. The second-order valence-electron chi connectivity index (χ2n) is 13.5. The van der Waals surface area contributed by atoms with Crippen LogP contribution in [0.4, 0.5) is 27.6 Å². The molecule has 0 unspecified atom stereocenters. The highest BCUT2D eigenvalue weighted by atomic mass is 19.4. The molecule has 1 aliphatic carbocycles. The number of nitrogens with zero attached hydrogens (tertiary/aromatic N) is 6. The molecular formula is C37H34F5N7O3. The van der Waals surface area contributed by atoms with Crippen molar-refractivity contribution < 1.29 is 36.6 Å². The minimum atomic E-state index is -4.21. The number of H-pyrrole nitrogens is 1. The fourth-order valence-electron chi connectivity index (χ4n) is 7.12. The van der Waals surface area contributed by atoms with Gasteiger partial charge in [-0.15, -0.1) is 0 Å². The molecule has 2 aromatic carbocycles. The zero-order chi connectivity index (χ0) is 36.1. The number of pyridine rings is 1. The van der Waals surface area contributed by atoms with Crippen LogP contribution in [0.5, 0.6) is 5.75 Å². The number of aromatic amines is 1. The molecule has 0 spiro atoms. The molecule has 0 radical (unpaired) electrons. The number of anilines is 1. The highest BCUT2D eigenvalue weighted by Crippen LogP contribution is 2.44. The first-order valence-electron chi connectivity index (χ1n) is 17.1. The van der Waals surface area contributed by atoms with E-state index >= 15 is 8.78 Å². The Bertz CT molecular complexity index is 2140. The Morgan fingerprint density at radius 2 is 1.73 bits per heavy atom. The molecule has 15 heteroatoms. The van der Waals surface area contributed by atoms with Gasteiger partial charge in [0.2, 0.25) is 0 Å². The lowest BCUT2D eigenvalue weighted by Crippen LogP contribution is -2.48. The van der Waals surface area contributed by atoms with Gasteiger partial charge < -0.3 is 19.7 Å². The van der Waals surface area contributed by atoms with Gasteiger partial charge in [0.05, 0.1) is 42.5 Å². The first-order chi connectivity index (χ1) is 25.0. The highest BCUT2D eigenvalue weighted by molar-refractivity contribution is 6.09. The maximum absolute atomic E-state index is 15.5. The minimum absolute atomic E-state index is 0.00890. The zero-order valence-electron chi connectivity index (χ0n) is 27.9. The molecule has 3 aliphatic rings. The number of aromatic nitrogens is 4. The number of aliphatic hydroxyl groups excluding tert-OH is 1. The molecule has 5 heterocycles. The van der Waals surface area contributed by atoms with Gasteiger partial charge in [0, 0.05) is 55.4 Å². The van der Waals surface area contributed by atoms with Gasteiger partial charge in [0.15, 0.2) is 0 Å². The van der Waals surface area contributed by atoms with E-state index in [1.165, 1.54) is 28.3 Å². The van der Waals surface area contributed by atoms with Crippen LogP contribution in [0, 0.1) is 11.6 Å². The van der Waals surface area contributed by atoms with Crippen LogP contribution < -0.4 is 9.64 Å². The Morgan fingerprint density at radius 3 is 2.44 bits per heavy atom. The highest BCUT2D eigenvalue weighted by Gasteiger charge is 2.34. The van der Waals surface area contributed by atoms with E-state index in [0.717, 1.165) is 30.0 Å². The molecule has 5 aromatic rings. The molecule has 1 amide bonds. The van der Waals surface area contributed by atoms with Crippen molar-refractivity contribution in [1.29, 1.82) is 0 Å². The lowest BCUT2D eigenvalue weighted by Gasteiger charge is -2.34. The Balaban J connectivity index is 1.06. The van der Waals surface area contributed by atoms with E-state index < -0.39 is 36.9 Å². The summed E-state index contributed by atoms with van der Waals surface area (Å²) < 4.78 is 75.0. The molecule has 52 heavy (non-hydrogen) atoms. The Labute approximate surface area is 294 Å². The van der Waals surface area contributed by atoms with Gasteiger partial charge in [-0.25, -0.2) is 18.7 Å². The van der Waals surface area contributed by atoms with E-state index in [4.69, 9.17) is 4.74 Å². The summed E-state index contributed by atoms with van der Waals surface area (Å²) in [7, 11) is 0. The Morgan fingerprint density at radius 1 is 0.942 bits per heavy atom. The van der Waals surface area contributed by atoms with Crippen molar-refractivity contribution in [2.45, 2.75) is 38.1 Å². The number of fused-ring (bicyclic) bond motifs is 2. The number of hydrogen-bond acceptors (Lipinski definition) is 8. The van der Waals surface area contributed by atoms with E-state index in [1.807, 2.05) is 12.1 Å². The summed E-state index contributed by atoms with van der Waals surface area (Å²) in [5.74, 6) is -1.70. The summed E-state index contributed by atoms with van der Waals surface area (Å²) >= 11 is 0. The van der Waals surface area contributed by atoms with Crippen molar-refractivity contribution in [3.05, 3.63) is 88.9 Å². The summed E-state index contributed by atoms with van der Waals surface area (Å²) in [4.78, 5) is 35.2. The lowest BCUT2D eigenvalue weighted by molar-refractivity contribution is -0.149. The number of nitrogens with one attached hydrogen (secondary N) is 1. The second kappa shape index (κ2) is 13.5. The van der Waals surface area contributed by atoms with Crippen molar-refractivity contribution in [2.24, 2.45) is 0 Å². The average Bonchev–Trinajstić information content (AvgIpc) is 3.90. The number of benzene rings is 2. The SMILES string of the molecule is O=C1c2c(F)cc(C3CC3)cc2OCCN1c1cc(F)cc(-c2ncnc3[nH]c(-c4ccc(CN5CCN(CC(F)(F)F)CC5)cn4)cc23)c1CO. The van der Waals surface area contributed by atoms with E-state index in [0.29, 0.717) is 60.8 Å². The second-order valence-corrected chi connectivity index (χ2v) is 13.5. The number of hydrogen-bond donors (Lipinski definition) is 2. The van der Waals surface area contributed by atoms with Crippen LogP contribution in [-0.2, 0) is 13.2 Å². The molecule has 2 N–H and O–H groups in total. The third kappa shape index (κ3) is 6.83. The summed E-state index contributed by atoms with van der Waals surface area (Å²) in [5, 5.41) is 11.2. The first-order valence-corrected chi connectivity index (χ1v) is 17.1. The average molecular weight is 720 g/mol. The number of carbonyl (C=O) groups is 1. The maximum atomic E-state index is 15.5. The fraction of sp³-hybridized carbons (Fsp3) is 0.351. The Kier molecular flexibility index (Phi) is 8.87. The Hall–Kier alpha value is -4.99. The van der Waals surface area contributed by atoms with Crippen molar-refractivity contribution >= 4 is 22.6 Å². The predicted molar refractivity (Wildman–Crippen MR) is 182 cm³/mol. The van der Waals surface area contributed by atoms with Crippen LogP contribution in [0.25, 0.3) is 33.7 Å². The van der Waals surface area contributed by atoms with Gasteiger partial charge in [0.25, 0.3) is 5.91 Å². The fourth-order valence-corrected chi connectivity index (χ4v) is 7.12. The molecule has 1 saturated heterocycles. The number of amides is 1. The largest absolute Gasteiger partial charge is 0.491 e. The van der Waals surface area contributed by atoms with Crippen molar-refractivity contribution in [3.8, 4) is 28.4 Å². The van der Waals surface area contributed by atoms with Crippen molar-refractivity contribution in [2.75, 3.05) is 50.8 Å². The number of aliphatic hydroxyl groups is 1. The molecular weight excluding hydrogens is 685 g/mol. The summed E-state index contributed by atoms with van der Waals surface area (Å²) in [6, 6.07) is 10.9. The zero-order valence-corrected chi connectivity index (χ0v) is 27.9. The molecule has 2 fully saturated rings. The first kappa shape index (κ1) is 34.1. The monoisotopic (exact) mass is 719 g/mol. The van der Waals surface area contributed by atoms with E-state index in [-0.39, 0.29) is 47.2 Å².